The fraction of sp³-hybridized carbons (Fsp3) is 0.897. The van der Waals surface area contributed by atoms with Gasteiger partial charge in [0.05, 0.1) is 0 Å². The number of allylic oxidation sites excluding steroid dienone is 2. The Morgan fingerprint density at radius 1 is 0.455 bits per heavy atom. The average molecular weight is 623 g/mol. The Bertz CT molecular complexity index is 632. The molecule has 1 N–H and O–H groups in total. The molecule has 0 saturated carbocycles. The molecule has 0 bridgehead atoms. The number of aliphatic hydroxyl groups excluding tert-OH is 1. The minimum absolute atomic E-state index is 0.113. The summed E-state index contributed by atoms with van der Waals surface area (Å²) >= 11 is 0. The zero-order valence-electron chi connectivity index (χ0n) is 29.4. The van der Waals surface area contributed by atoms with Crippen molar-refractivity contribution in [1.29, 1.82) is 0 Å². The van der Waals surface area contributed by atoms with Gasteiger partial charge in [0.15, 0.2) is 0 Å². The quantitative estimate of drug-likeness (QED) is 0.0432. The van der Waals surface area contributed by atoms with Crippen molar-refractivity contribution in [3.63, 3.8) is 0 Å². The van der Waals surface area contributed by atoms with Crippen LogP contribution in [0.25, 0.3) is 0 Å². The normalized spacial score (nSPS) is 12.2. The number of carbonyl (C=O) groups excluding carboxylic acids is 2. The highest BCUT2D eigenvalue weighted by atomic mass is 16.6. The highest BCUT2D eigenvalue weighted by molar-refractivity contribution is 5.69. The molecule has 44 heavy (non-hydrogen) atoms. The number of unbranched alkanes of at least 4 members (excludes halogenated alkanes) is 25. The summed E-state index contributed by atoms with van der Waals surface area (Å²) in [4.78, 5) is 23.9. The smallest absolute Gasteiger partial charge is 0.305 e. The third kappa shape index (κ3) is 35.1. The van der Waals surface area contributed by atoms with E-state index in [4.69, 9.17) is 9.47 Å². The minimum atomic E-state index is -0.960. The predicted octanol–water partition coefficient (Wildman–Crippen LogP) is 11.7. The van der Waals surface area contributed by atoms with Crippen LogP contribution in [-0.4, -0.2) is 36.4 Å². The molecule has 0 spiro atoms. The van der Waals surface area contributed by atoms with Crippen LogP contribution in [0.1, 0.15) is 206 Å². The average Bonchev–Trinajstić information content (AvgIpc) is 3.02. The van der Waals surface area contributed by atoms with Gasteiger partial charge >= 0.3 is 11.9 Å². The molecule has 260 valence electrons. The molecule has 0 aromatic heterocycles. The monoisotopic (exact) mass is 623 g/mol. The van der Waals surface area contributed by atoms with E-state index in [0.717, 1.165) is 38.5 Å². The van der Waals surface area contributed by atoms with Crippen molar-refractivity contribution in [2.45, 2.75) is 213 Å². The molecule has 0 aliphatic heterocycles. The molecule has 5 heteroatoms. The van der Waals surface area contributed by atoms with E-state index in [2.05, 4.69) is 26.0 Å². The highest BCUT2D eigenvalue weighted by Crippen LogP contribution is 2.14. The van der Waals surface area contributed by atoms with E-state index in [9.17, 15) is 14.7 Å². The summed E-state index contributed by atoms with van der Waals surface area (Å²) < 4.78 is 10.3. The Labute approximate surface area is 273 Å². The van der Waals surface area contributed by atoms with E-state index in [0.29, 0.717) is 12.8 Å². The van der Waals surface area contributed by atoms with Crippen molar-refractivity contribution in [2.24, 2.45) is 0 Å². The molecule has 0 saturated heterocycles. The molecular weight excluding hydrogens is 548 g/mol. The van der Waals surface area contributed by atoms with Gasteiger partial charge in [-0.05, 0) is 38.5 Å². The van der Waals surface area contributed by atoms with Crippen molar-refractivity contribution in [3.05, 3.63) is 12.2 Å². The van der Waals surface area contributed by atoms with E-state index in [1.807, 2.05) is 0 Å². The minimum Gasteiger partial charge on any atom is -0.463 e. The van der Waals surface area contributed by atoms with Gasteiger partial charge in [-0.2, -0.15) is 0 Å². The lowest BCUT2D eigenvalue weighted by Gasteiger charge is -2.12. The van der Waals surface area contributed by atoms with Crippen molar-refractivity contribution in [2.75, 3.05) is 13.2 Å². The molecule has 5 nitrogen and oxygen atoms in total. The van der Waals surface area contributed by atoms with Crippen LogP contribution in [0.15, 0.2) is 12.2 Å². The summed E-state index contributed by atoms with van der Waals surface area (Å²) in [5.74, 6) is -0.566. The van der Waals surface area contributed by atoms with Gasteiger partial charge in [0.25, 0.3) is 0 Å². The number of ether oxygens (including phenoxy) is 2. The standard InChI is InChI=1S/C39H74O5/c1-3-5-7-9-11-13-15-17-19-21-23-25-27-29-31-33-38(41)43-35-37(40)36-44-39(42)34-32-30-28-26-24-22-20-18-16-14-12-10-8-6-4-2/h17,19,37,40H,3-16,18,20-36H2,1-2H3/b19-17-. The van der Waals surface area contributed by atoms with Crippen LogP contribution in [-0.2, 0) is 19.1 Å². The number of esters is 2. The highest BCUT2D eigenvalue weighted by Gasteiger charge is 2.12. The van der Waals surface area contributed by atoms with E-state index < -0.39 is 6.10 Å². The molecule has 0 amide bonds. The van der Waals surface area contributed by atoms with Crippen molar-refractivity contribution in [1.82, 2.24) is 0 Å². The van der Waals surface area contributed by atoms with Crippen molar-refractivity contribution < 1.29 is 24.2 Å². The summed E-state index contributed by atoms with van der Waals surface area (Å²) in [5, 5.41) is 9.99. The van der Waals surface area contributed by atoms with Crippen LogP contribution in [0.4, 0.5) is 0 Å². The topological polar surface area (TPSA) is 72.8 Å². The van der Waals surface area contributed by atoms with Gasteiger partial charge in [0, 0.05) is 12.8 Å². The van der Waals surface area contributed by atoms with Gasteiger partial charge in [-0.1, -0.05) is 167 Å². The van der Waals surface area contributed by atoms with Crippen LogP contribution in [0.5, 0.6) is 0 Å². The summed E-state index contributed by atoms with van der Waals surface area (Å²) in [5.41, 5.74) is 0. The summed E-state index contributed by atoms with van der Waals surface area (Å²) in [6.45, 7) is 4.30. The maximum atomic E-state index is 11.9. The number of carbonyl (C=O) groups is 2. The lowest BCUT2D eigenvalue weighted by Crippen LogP contribution is -2.25. The lowest BCUT2D eigenvalue weighted by molar-refractivity contribution is -0.152. The number of hydrogen-bond acceptors (Lipinski definition) is 5. The fourth-order valence-electron chi connectivity index (χ4n) is 5.55. The van der Waals surface area contributed by atoms with Gasteiger partial charge in [-0.3, -0.25) is 9.59 Å². The Kier molecular flexibility index (Phi) is 35.0. The Morgan fingerprint density at radius 3 is 1.05 bits per heavy atom. The number of hydrogen-bond donors (Lipinski definition) is 1. The molecule has 0 aromatic carbocycles. The van der Waals surface area contributed by atoms with Crippen LogP contribution >= 0.6 is 0 Å². The largest absolute Gasteiger partial charge is 0.463 e. The van der Waals surface area contributed by atoms with Crippen LogP contribution in [0, 0.1) is 0 Å². The summed E-state index contributed by atoms with van der Waals surface area (Å²) in [7, 11) is 0. The van der Waals surface area contributed by atoms with Crippen molar-refractivity contribution >= 4 is 11.9 Å². The first-order chi connectivity index (χ1) is 21.6. The molecule has 0 aliphatic carbocycles. The van der Waals surface area contributed by atoms with Gasteiger partial charge in [-0.25, -0.2) is 0 Å². The second kappa shape index (κ2) is 36.1. The van der Waals surface area contributed by atoms with Gasteiger partial charge in [0.1, 0.15) is 19.3 Å². The zero-order chi connectivity index (χ0) is 32.2. The van der Waals surface area contributed by atoms with Crippen molar-refractivity contribution in [3.8, 4) is 0 Å². The maximum Gasteiger partial charge on any atom is 0.305 e. The fourth-order valence-corrected chi connectivity index (χ4v) is 5.55. The molecule has 0 radical (unpaired) electrons. The van der Waals surface area contributed by atoms with E-state index in [-0.39, 0.29) is 25.2 Å². The van der Waals surface area contributed by atoms with Crippen LogP contribution < -0.4 is 0 Å². The van der Waals surface area contributed by atoms with Crippen LogP contribution in [0.2, 0.25) is 0 Å². The maximum absolute atomic E-state index is 11.9. The predicted molar refractivity (Wildman–Crippen MR) is 187 cm³/mol. The molecule has 0 fully saturated rings. The second-order valence-corrected chi connectivity index (χ2v) is 13.1. The first-order valence-corrected chi connectivity index (χ1v) is 19.2. The molecule has 0 heterocycles. The zero-order valence-corrected chi connectivity index (χ0v) is 29.4. The van der Waals surface area contributed by atoms with Gasteiger partial charge < -0.3 is 14.6 Å². The Hall–Kier alpha value is -1.36. The Morgan fingerprint density at radius 2 is 0.727 bits per heavy atom. The van der Waals surface area contributed by atoms with E-state index in [1.165, 1.54) is 141 Å². The third-order valence-corrected chi connectivity index (χ3v) is 8.50. The van der Waals surface area contributed by atoms with Gasteiger partial charge in [0.2, 0.25) is 0 Å². The number of aliphatic hydroxyl groups is 1. The molecule has 0 rings (SSSR count). The molecule has 1 unspecified atom stereocenters. The first-order valence-electron chi connectivity index (χ1n) is 19.2. The Balaban J connectivity index is 3.41. The molecular formula is C39H74O5. The SMILES string of the molecule is CCCCCCCC/C=C\CCCCCCCC(=O)OCC(O)COC(=O)CCCCCCCCCCCCCCCCC. The van der Waals surface area contributed by atoms with E-state index in [1.54, 1.807) is 0 Å². The third-order valence-electron chi connectivity index (χ3n) is 8.50. The second-order valence-electron chi connectivity index (χ2n) is 13.1. The number of rotatable bonds is 35. The van der Waals surface area contributed by atoms with Crippen LogP contribution in [0.3, 0.4) is 0 Å². The lowest BCUT2D eigenvalue weighted by atomic mass is 10.0. The summed E-state index contributed by atoms with van der Waals surface area (Å²) in [6, 6.07) is 0. The van der Waals surface area contributed by atoms with E-state index >= 15 is 0 Å². The summed E-state index contributed by atoms with van der Waals surface area (Å²) in [6.07, 6.45) is 39.7. The molecule has 1 atom stereocenters. The molecule has 0 aliphatic rings. The molecule has 0 aromatic rings. The first kappa shape index (κ1) is 42.6. The van der Waals surface area contributed by atoms with Gasteiger partial charge in [-0.15, -0.1) is 0 Å².